The van der Waals surface area contributed by atoms with E-state index in [0.717, 1.165) is 34.9 Å². The molecule has 0 fully saturated rings. The van der Waals surface area contributed by atoms with E-state index in [1.807, 2.05) is 39.8 Å². The monoisotopic (exact) mass is 416 g/mol. The van der Waals surface area contributed by atoms with E-state index < -0.39 is 16.1 Å². The Labute approximate surface area is 175 Å². The lowest BCUT2D eigenvalue weighted by molar-refractivity contribution is -0.122. The molecule has 0 aliphatic rings. The van der Waals surface area contributed by atoms with Crippen molar-refractivity contribution in [1.82, 2.24) is 5.32 Å². The summed E-state index contributed by atoms with van der Waals surface area (Å²) in [5, 5.41) is 2.98. The van der Waals surface area contributed by atoms with E-state index >= 15 is 0 Å². The summed E-state index contributed by atoms with van der Waals surface area (Å²) >= 11 is 0. The Hall–Kier alpha value is -2.34. The zero-order valence-electron chi connectivity index (χ0n) is 18.4. The number of benzene rings is 2. The highest BCUT2D eigenvalue weighted by Gasteiger charge is 2.30. The number of rotatable bonds is 7. The van der Waals surface area contributed by atoms with E-state index in [9.17, 15) is 13.2 Å². The van der Waals surface area contributed by atoms with Crippen molar-refractivity contribution in [2.45, 2.75) is 60.0 Å². The molecule has 0 bridgehead atoms. The van der Waals surface area contributed by atoms with Crippen LogP contribution in [0.1, 0.15) is 54.6 Å². The van der Waals surface area contributed by atoms with Gasteiger partial charge < -0.3 is 5.32 Å². The molecule has 0 saturated heterocycles. The van der Waals surface area contributed by atoms with Crippen LogP contribution < -0.4 is 9.62 Å². The van der Waals surface area contributed by atoms with Gasteiger partial charge in [0.15, 0.2) is 0 Å². The highest BCUT2D eigenvalue weighted by atomic mass is 32.2. The maximum Gasteiger partial charge on any atom is 0.244 e. The van der Waals surface area contributed by atoms with Gasteiger partial charge in [-0.05, 0) is 81.0 Å². The van der Waals surface area contributed by atoms with E-state index in [4.69, 9.17) is 0 Å². The van der Waals surface area contributed by atoms with Crippen molar-refractivity contribution in [3.63, 3.8) is 0 Å². The molecule has 0 spiro atoms. The fourth-order valence-corrected chi connectivity index (χ4v) is 4.72. The van der Waals surface area contributed by atoms with Crippen LogP contribution in [0.2, 0.25) is 0 Å². The lowest BCUT2D eigenvalue weighted by atomic mass is 9.96. The second kappa shape index (κ2) is 8.99. The number of nitrogens with one attached hydrogen (secondary N) is 1. The molecule has 0 radical (unpaired) electrons. The van der Waals surface area contributed by atoms with E-state index in [-0.39, 0.29) is 11.9 Å². The number of amides is 1. The SMILES string of the molecule is CCc1ccc(N([C@@H](C)C(=O)N[C@@H](C)c2cc(C)c(C)cc2C)S(C)(=O)=O)cc1. The molecule has 6 heteroatoms. The van der Waals surface area contributed by atoms with Crippen LogP contribution in [0.25, 0.3) is 0 Å². The first-order chi connectivity index (χ1) is 13.5. The zero-order valence-corrected chi connectivity index (χ0v) is 19.2. The molecule has 158 valence electrons. The fraction of sp³-hybridized carbons (Fsp3) is 0.435. The van der Waals surface area contributed by atoms with E-state index in [0.29, 0.717) is 5.69 Å². The van der Waals surface area contributed by atoms with Gasteiger partial charge in [0, 0.05) is 0 Å². The average molecular weight is 417 g/mol. The minimum absolute atomic E-state index is 0.229. The fourth-order valence-electron chi connectivity index (χ4n) is 3.55. The second-order valence-corrected chi connectivity index (χ2v) is 9.64. The van der Waals surface area contributed by atoms with Gasteiger partial charge in [-0.2, -0.15) is 0 Å². The number of anilines is 1. The van der Waals surface area contributed by atoms with Gasteiger partial charge in [-0.15, -0.1) is 0 Å². The van der Waals surface area contributed by atoms with Crippen molar-refractivity contribution >= 4 is 21.6 Å². The molecule has 2 atom stereocenters. The van der Waals surface area contributed by atoms with Gasteiger partial charge in [0.2, 0.25) is 15.9 Å². The largest absolute Gasteiger partial charge is 0.348 e. The normalized spacial score (nSPS) is 13.6. The van der Waals surface area contributed by atoms with Crippen LogP contribution in [0.4, 0.5) is 5.69 Å². The summed E-state index contributed by atoms with van der Waals surface area (Å²) in [6.07, 6.45) is 1.99. The Morgan fingerprint density at radius 2 is 1.55 bits per heavy atom. The van der Waals surface area contributed by atoms with Crippen molar-refractivity contribution in [3.05, 3.63) is 64.2 Å². The van der Waals surface area contributed by atoms with E-state index in [1.54, 1.807) is 19.1 Å². The lowest BCUT2D eigenvalue weighted by Gasteiger charge is -2.29. The first kappa shape index (κ1) is 22.9. The van der Waals surface area contributed by atoms with Crippen molar-refractivity contribution in [2.24, 2.45) is 0 Å². The van der Waals surface area contributed by atoms with Gasteiger partial charge in [0.1, 0.15) is 6.04 Å². The maximum atomic E-state index is 13.0. The predicted molar refractivity (Wildman–Crippen MR) is 120 cm³/mol. The van der Waals surface area contributed by atoms with E-state index in [1.165, 1.54) is 9.87 Å². The Morgan fingerprint density at radius 1 is 1.00 bits per heavy atom. The predicted octanol–water partition coefficient (Wildman–Crippen LogP) is 4.21. The molecule has 0 aliphatic heterocycles. The van der Waals surface area contributed by atoms with Crippen LogP contribution in [0.3, 0.4) is 0 Å². The van der Waals surface area contributed by atoms with Crippen molar-refractivity contribution in [3.8, 4) is 0 Å². The highest BCUT2D eigenvalue weighted by molar-refractivity contribution is 7.92. The molecule has 2 rings (SSSR count). The zero-order chi connectivity index (χ0) is 21.9. The summed E-state index contributed by atoms with van der Waals surface area (Å²) in [7, 11) is -3.63. The third-order valence-corrected chi connectivity index (χ3v) is 6.64. The molecule has 1 N–H and O–H groups in total. The summed E-state index contributed by atoms with van der Waals surface area (Å²) in [4.78, 5) is 13.0. The van der Waals surface area contributed by atoms with Gasteiger partial charge >= 0.3 is 0 Å². The standard InChI is InChI=1S/C23H32N2O3S/c1-8-20-9-11-21(12-10-20)25(29(7,27)28)19(6)23(26)24-18(5)22-14-16(3)15(2)13-17(22)4/h9-14,18-19H,8H2,1-7H3,(H,24,26)/t18-,19-/m0/s1. The van der Waals surface area contributed by atoms with Gasteiger partial charge in [0.05, 0.1) is 18.0 Å². The van der Waals surface area contributed by atoms with Crippen molar-refractivity contribution < 1.29 is 13.2 Å². The molecular weight excluding hydrogens is 384 g/mol. The molecule has 0 saturated carbocycles. The molecule has 29 heavy (non-hydrogen) atoms. The molecule has 0 aliphatic carbocycles. The second-order valence-electron chi connectivity index (χ2n) is 7.78. The minimum Gasteiger partial charge on any atom is -0.348 e. The van der Waals surface area contributed by atoms with Crippen LogP contribution in [0.15, 0.2) is 36.4 Å². The molecular formula is C23H32N2O3S. The van der Waals surface area contributed by atoms with Crippen molar-refractivity contribution in [1.29, 1.82) is 0 Å². The van der Waals surface area contributed by atoms with Gasteiger partial charge in [-0.3, -0.25) is 9.10 Å². The Balaban J connectivity index is 2.28. The number of carbonyl (C=O) groups excluding carboxylic acids is 1. The van der Waals surface area contributed by atoms with Crippen LogP contribution in [0.5, 0.6) is 0 Å². The topological polar surface area (TPSA) is 66.5 Å². The number of carbonyl (C=O) groups is 1. The van der Waals surface area contributed by atoms with Gasteiger partial charge in [-0.25, -0.2) is 8.42 Å². The number of hydrogen-bond donors (Lipinski definition) is 1. The maximum absolute atomic E-state index is 13.0. The van der Waals surface area contributed by atoms with Gasteiger partial charge in [-0.1, -0.05) is 31.2 Å². The van der Waals surface area contributed by atoms with E-state index in [2.05, 4.69) is 24.4 Å². The summed E-state index contributed by atoms with van der Waals surface area (Å²) < 4.78 is 26.1. The molecule has 0 unspecified atom stereocenters. The Kier molecular flexibility index (Phi) is 7.11. The van der Waals surface area contributed by atoms with Crippen LogP contribution in [-0.4, -0.2) is 26.6 Å². The van der Waals surface area contributed by atoms with Crippen LogP contribution in [0, 0.1) is 20.8 Å². The molecule has 1 amide bonds. The molecule has 2 aromatic carbocycles. The minimum atomic E-state index is -3.63. The first-order valence-electron chi connectivity index (χ1n) is 9.92. The lowest BCUT2D eigenvalue weighted by Crippen LogP contribution is -2.48. The number of nitrogens with zero attached hydrogens (tertiary/aromatic N) is 1. The smallest absolute Gasteiger partial charge is 0.244 e. The number of hydrogen-bond acceptors (Lipinski definition) is 3. The number of aryl methyl sites for hydroxylation is 4. The summed E-state index contributed by atoms with van der Waals surface area (Å²) in [6.45, 7) is 11.7. The summed E-state index contributed by atoms with van der Waals surface area (Å²) in [6, 6.07) is 10.4. The molecule has 0 heterocycles. The Morgan fingerprint density at radius 3 is 2.07 bits per heavy atom. The van der Waals surface area contributed by atoms with Crippen molar-refractivity contribution in [2.75, 3.05) is 10.6 Å². The Bertz CT molecular complexity index is 982. The molecule has 2 aromatic rings. The van der Waals surface area contributed by atoms with Crippen LogP contribution >= 0.6 is 0 Å². The van der Waals surface area contributed by atoms with Gasteiger partial charge in [0.25, 0.3) is 0 Å². The summed E-state index contributed by atoms with van der Waals surface area (Å²) in [5.41, 5.74) is 6.10. The third kappa shape index (κ3) is 5.38. The highest BCUT2D eigenvalue weighted by Crippen LogP contribution is 2.24. The number of sulfonamides is 1. The first-order valence-corrected chi connectivity index (χ1v) is 11.8. The molecule has 5 nitrogen and oxygen atoms in total. The summed E-state index contributed by atoms with van der Waals surface area (Å²) in [5.74, 6) is -0.333. The molecule has 0 aromatic heterocycles. The third-order valence-electron chi connectivity index (χ3n) is 5.40. The average Bonchev–Trinajstić information content (AvgIpc) is 2.64. The van der Waals surface area contributed by atoms with Crippen LogP contribution in [-0.2, 0) is 21.2 Å². The quantitative estimate of drug-likeness (QED) is 0.735.